The molecule has 0 aliphatic carbocycles. The molecule has 0 spiro atoms. The number of likely N-dealkylation sites (tertiary alicyclic amines) is 1. The third kappa shape index (κ3) is 5.38. The Hall–Kier alpha value is -1.75. The minimum absolute atomic E-state index is 0.483. The molecule has 1 heterocycles. The maximum Gasteiger partial charge on any atom is 0.166 e. The van der Waals surface area contributed by atoms with Gasteiger partial charge in [-0.1, -0.05) is 42.8 Å². The first-order chi connectivity index (χ1) is 13.2. The van der Waals surface area contributed by atoms with E-state index in [1.165, 1.54) is 19.4 Å². The first-order valence-corrected chi connectivity index (χ1v) is 10.1. The average molecular weight is 389 g/mol. The van der Waals surface area contributed by atoms with Crippen LogP contribution in [0.5, 0.6) is 11.5 Å². The van der Waals surface area contributed by atoms with Crippen molar-refractivity contribution in [1.82, 2.24) is 10.2 Å². The predicted octanol–water partition coefficient (Wildman–Crippen LogP) is 4.50. The molecular weight excluding hydrogens is 360 g/mol. The number of nitrogens with one attached hydrogen (secondary N) is 1. The van der Waals surface area contributed by atoms with Crippen LogP contribution in [0, 0.1) is 0 Å². The summed E-state index contributed by atoms with van der Waals surface area (Å²) in [6.45, 7) is 6.83. The molecule has 146 valence electrons. The van der Waals surface area contributed by atoms with E-state index in [1.54, 1.807) is 7.11 Å². The van der Waals surface area contributed by atoms with Crippen molar-refractivity contribution in [3.05, 3.63) is 58.6 Å². The fourth-order valence-electron chi connectivity index (χ4n) is 3.68. The van der Waals surface area contributed by atoms with Crippen LogP contribution in [-0.4, -0.2) is 37.7 Å². The summed E-state index contributed by atoms with van der Waals surface area (Å²) in [6.07, 6.45) is 2.58. The van der Waals surface area contributed by atoms with E-state index in [9.17, 15) is 0 Å². The van der Waals surface area contributed by atoms with Gasteiger partial charge in [0.05, 0.1) is 7.11 Å². The average Bonchev–Trinajstić information content (AvgIpc) is 3.15. The zero-order valence-corrected chi connectivity index (χ0v) is 17.0. The third-order valence-corrected chi connectivity index (χ3v) is 5.43. The molecule has 1 N–H and O–H groups in total. The highest BCUT2D eigenvalue weighted by atomic mass is 35.5. The van der Waals surface area contributed by atoms with Crippen LogP contribution >= 0.6 is 11.6 Å². The van der Waals surface area contributed by atoms with Gasteiger partial charge in [0.1, 0.15) is 6.61 Å². The van der Waals surface area contributed by atoms with Gasteiger partial charge >= 0.3 is 0 Å². The van der Waals surface area contributed by atoms with Crippen LogP contribution in [0.1, 0.15) is 30.9 Å². The zero-order chi connectivity index (χ0) is 19.1. The molecule has 0 amide bonds. The van der Waals surface area contributed by atoms with Crippen molar-refractivity contribution >= 4 is 11.6 Å². The van der Waals surface area contributed by atoms with Crippen molar-refractivity contribution in [2.24, 2.45) is 0 Å². The molecular formula is C22H29ClN2O2. The number of ether oxygens (including phenoxy) is 2. The SMILES string of the molecule is CCN1CCCC1CNCc1cccc(OC)c1OCc1ccc(Cl)cc1. The van der Waals surface area contributed by atoms with E-state index in [0.717, 1.165) is 47.3 Å². The third-order valence-electron chi connectivity index (χ3n) is 5.18. The summed E-state index contributed by atoms with van der Waals surface area (Å²) in [5, 5.41) is 4.34. The second kappa shape index (κ2) is 9.98. The summed E-state index contributed by atoms with van der Waals surface area (Å²) >= 11 is 5.96. The molecule has 2 aromatic rings. The van der Waals surface area contributed by atoms with Gasteiger partial charge in [0.15, 0.2) is 11.5 Å². The van der Waals surface area contributed by atoms with Crippen molar-refractivity contribution in [3.63, 3.8) is 0 Å². The Morgan fingerprint density at radius 1 is 1.19 bits per heavy atom. The molecule has 0 saturated carbocycles. The number of hydrogen-bond donors (Lipinski definition) is 1. The highest BCUT2D eigenvalue weighted by molar-refractivity contribution is 6.30. The summed E-state index contributed by atoms with van der Waals surface area (Å²) < 4.78 is 11.7. The Bertz CT molecular complexity index is 721. The molecule has 2 aromatic carbocycles. The molecule has 27 heavy (non-hydrogen) atoms. The van der Waals surface area contributed by atoms with Crippen LogP contribution in [0.25, 0.3) is 0 Å². The van der Waals surface area contributed by atoms with E-state index < -0.39 is 0 Å². The van der Waals surface area contributed by atoms with Gasteiger partial charge in [-0.15, -0.1) is 0 Å². The molecule has 1 aliphatic rings. The summed E-state index contributed by atoms with van der Waals surface area (Å²) in [5.74, 6) is 1.57. The number of halogens is 1. The summed E-state index contributed by atoms with van der Waals surface area (Å²) in [4.78, 5) is 2.55. The zero-order valence-electron chi connectivity index (χ0n) is 16.2. The van der Waals surface area contributed by atoms with E-state index in [2.05, 4.69) is 23.2 Å². The Labute approximate surface area is 167 Å². The van der Waals surface area contributed by atoms with Crippen LogP contribution in [-0.2, 0) is 13.2 Å². The number of rotatable bonds is 9. The number of likely N-dealkylation sites (N-methyl/N-ethyl adjacent to an activating group) is 1. The van der Waals surface area contributed by atoms with E-state index in [-0.39, 0.29) is 0 Å². The van der Waals surface area contributed by atoms with Gasteiger partial charge in [-0.2, -0.15) is 0 Å². The second-order valence-electron chi connectivity index (χ2n) is 6.92. The lowest BCUT2D eigenvalue weighted by Gasteiger charge is -2.23. The minimum atomic E-state index is 0.483. The second-order valence-corrected chi connectivity index (χ2v) is 7.36. The lowest BCUT2D eigenvalue weighted by atomic mass is 10.1. The Morgan fingerprint density at radius 2 is 2.00 bits per heavy atom. The van der Waals surface area contributed by atoms with Gasteiger partial charge in [-0.25, -0.2) is 0 Å². The predicted molar refractivity (Wildman–Crippen MR) is 111 cm³/mol. The van der Waals surface area contributed by atoms with Gasteiger partial charge in [0, 0.05) is 29.7 Å². The van der Waals surface area contributed by atoms with Crippen molar-refractivity contribution in [3.8, 4) is 11.5 Å². The highest BCUT2D eigenvalue weighted by Crippen LogP contribution is 2.32. The Morgan fingerprint density at radius 3 is 2.74 bits per heavy atom. The number of methoxy groups -OCH3 is 1. The largest absolute Gasteiger partial charge is 0.493 e. The monoisotopic (exact) mass is 388 g/mol. The number of para-hydroxylation sites is 1. The molecule has 1 aliphatic heterocycles. The van der Waals surface area contributed by atoms with Crippen LogP contribution in [0.3, 0.4) is 0 Å². The molecule has 0 radical (unpaired) electrons. The number of hydrogen-bond acceptors (Lipinski definition) is 4. The summed E-state index contributed by atoms with van der Waals surface area (Å²) in [6, 6.07) is 14.4. The minimum Gasteiger partial charge on any atom is -0.493 e. The van der Waals surface area contributed by atoms with E-state index in [4.69, 9.17) is 21.1 Å². The van der Waals surface area contributed by atoms with E-state index in [1.807, 2.05) is 36.4 Å². The van der Waals surface area contributed by atoms with Crippen LogP contribution in [0.15, 0.2) is 42.5 Å². The lowest BCUT2D eigenvalue weighted by molar-refractivity contribution is 0.258. The number of nitrogens with zero attached hydrogens (tertiary/aromatic N) is 1. The van der Waals surface area contributed by atoms with E-state index in [0.29, 0.717) is 12.6 Å². The molecule has 1 atom stereocenters. The fraction of sp³-hybridized carbons (Fsp3) is 0.455. The lowest BCUT2D eigenvalue weighted by Crippen LogP contribution is -2.37. The van der Waals surface area contributed by atoms with E-state index >= 15 is 0 Å². The molecule has 0 aromatic heterocycles. The highest BCUT2D eigenvalue weighted by Gasteiger charge is 2.22. The first kappa shape index (κ1) is 20.0. The molecule has 5 heteroatoms. The maximum atomic E-state index is 6.13. The quantitative estimate of drug-likeness (QED) is 0.685. The Balaban J connectivity index is 1.63. The van der Waals surface area contributed by atoms with Crippen molar-refractivity contribution in [2.45, 2.75) is 39.0 Å². The molecule has 4 nitrogen and oxygen atoms in total. The van der Waals surface area contributed by atoms with Crippen molar-refractivity contribution in [1.29, 1.82) is 0 Å². The summed E-state index contributed by atoms with van der Waals surface area (Å²) in [7, 11) is 1.68. The molecule has 1 saturated heterocycles. The van der Waals surface area contributed by atoms with Gasteiger partial charge in [0.2, 0.25) is 0 Å². The van der Waals surface area contributed by atoms with Crippen molar-refractivity contribution in [2.75, 3.05) is 26.7 Å². The normalized spacial score (nSPS) is 17.2. The Kier molecular flexibility index (Phi) is 7.39. The smallest absolute Gasteiger partial charge is 0.166 e. The first-order valence-electron chi connectivity index (χ1n) is 9.69. The van der Waals surface area contributed by atoms with Crippen LogP contribution in [0.2, 0.25) is 5.02 Å². The molecule has 1 unspecified atom stereocenters. The van der Waals surface area contributed by atoms with Gasteiger partial charge in [-0.3, -0.25) is 4.90 Å². The van der Waals surface area contributed by atoms with Crippen LogP contribution < -0.4 is 14.8 Å². The number of benzene rings is 2. The van der Waals surface area contributed by atoms with Gasteiger partial charge in [0.25, 0.3) is 0 Å². The topological polar surface area (TPSA) is 33.7 Å². The molecule has 3 rings (SSSR count). The fourth-order valence-corrected chi connectivity index (χ4v) is 3.80. The maximum absolute atomic E-state index is 6.13. The van der Waals surface area contributed by atoms with Gasteiger partial charge < -0.3 is 14.8 Å². The molecule has 0 bridgehead atoms. The van der Waals surface area contributed by atoms with Crippen molar-refractivity contribution < 1.29 is 9.47 Å². The van der Waals surface area contributed by atoms with Gasteiger partial charge in [-0.05, 0) is 49.7 Å². The summed E-state index contributed by atoms with van der Waals surface area (Å²) in [5.41, 5.74) is 2.19. The molecule has 1 fully saturated rings. The van der Waals surface area contributed by atoms with Crippen LogP contribution in [0.4, 0.5) is 0 Å². The standard InChI is InChI=1S/C22H29ClN2O2/c1-3-25-13-5-7-20(25)15-24-14-18-6-4-8-21(26-2)22(18)27-16-17-9-11-19(23)12-10-17/h4,6,8-12,20,24H,3,5,7,13-16H2,1-2H3.